The normalized spacial score (nSPS) is 11.2. The quantitative estimate of drug-likeness (QED) is 0.502. The third-order valence-corrected chi connectivity index (χ3v) is 5.22. The van der Waals surface area contributed by atoms with Crippen molar-refractivity contribution in [1.29, 1.82) is 0 Å². The third-order valence-electron chi connectivity index (χ3n) is 4.97. The molecule has 0 fully saturated rings. The zero-order valence-corrected chi connectivity index (χ0v) is 17.9. The van der Waals surface area contributed by atoms with Crippen molar-refractivity contribution in [2.45, 2.75) is 20.4 Å². The second-order valence-corrected chi connectivity index (χ2v) is 7.85. The molecule has 7 nitrogen and oxygen atoms in total. The molecule has 0 atom stereocenters. The van der Waals surface area contributed by atoms with Crippen molar-refractivity contribution < 1.29 is 4.74 Å². The number of aromatic nitrogens is 4. The highest BCUT2D eigenvalue weighted by Gasteiger charge is 2.21. The number of imidazole rings is 1. The molecule has 0 aliphatic heterocycles. The first-order valence-corrected chi connectivity index (χ1v) is 9.79. The Labute approximate surface area is 177 Å². The maximum Gasteiger partial charge on any atom is 0.332 e. The monoisotopic (exact) mass is 424 g/mol. The average molecular weight is 425 g/mol. The molecule has 0 saturated carbocycles. The van der Waals surface area contributed by atoms with E-state index in [-0.39, 0.29) is 11.7 Å². The number of rotatable bonds is 4. The summed E-state index contributed by atoms with van der Waals surface area (Å²) >= 11 is 6.01. The molecule has 0 radical (unpaired) electrons. The van der Waals surface area contributed by atoms with Crippen molar-refractivity contribution in [3.63, 3.8) is 0 Å². The molecule has 2 heterocycles. The Morgan fingerprint density at radius 2 is 1.60 bits per heavy atom. The minimum atomic E-state index is -0.443. The maximum absolute atomic E-state index is 13.0. The first-order valence-electron chi connectivity index (χ1n) is 9.41. The Kier molecular flexibility index (Phi) is 4.99. The first kappa shape index (κ1) is 20.0. The van der Waals surface area contributed by atoms with Gasteiger partial charge in [0.25, 0.3) is 5.56 Å². The van der Waals surface area contributed by atoms with E-state index in [9.17, 15) is 9.59 Å². The number of ether oxygens (including phenoxy) is 1. The Morgan fingerprint density at radius 3 is 2.23 bits per heavy atom. The fourth-order valence-corrected chi connectivity index (χ4v) is 3.65. The Balaban J connectivity index is 1.94. The maximum atomic E-state index is 13.0. The van der Waals surface area contributed by atoms with Gasteiger partial charge in [-0.05, 0) is 54.8 Å². The van der Waals surface area contributed by atoms with Crippen molar-refractivity contribution in [3.8, 4) is 11.8 Å². The van der Waals surface area contributed by atoms with E-state index < -0.39 is 11.2 Å². The molecule has 2 aromatic carbocycles. The minimum Gasteiger partial charge on any atom is -0.425 e. The number of benzene rings is 2. The first-order chi connectivity index (χ1) is 14.2. The molecule has 154 valence electrons. The number of hydrogen-bond acceptors (Lipinski definition) is 4. The predicted molar refractivity (Wildman–Crippen MR) is 117 cm³/mol. The van der Waals surface area contributed by atoms with Gasteiger partial charge in [-0.1, -0.05) is 29.8 Å². The summed E-state index contributed by atoms with van der Waals surface area (Å²) in [5.74, 6) is 0.613. The highest BCUT2D eigenvalue weighted by molar-refractivity contribution is 6.30. The van der Waals surface area contributed by atoms with Crippen LogP contribution >= 0.6 is 11.6 Å². The van der Waals surface area contributed by atoms with Crippen molar-refractivity contribution in [2.24, 2.45) is 14.1 Å². The SMILES string of the molecule is Cc1cc(C)cc(Oc2nc3c(c(=O)n(C)c(=O)n3C)n2Cc2ccc(Cl)cc2)c1. The zero-order chi connectivity index (χ0) is 21.6. The van der Waals surface area contributed by atoms with Crippen molar-refractivity contribution >= 4 is 22.8 Å². The second-order valence-electron chi connectivity index (χ2n) is 7.41. The number of hydrogen-bond donors (Lipinski definition) is 0. The van der Waals surface area contributed by atoms with E-state index in [0.717, 1.165) is 21.3 Å². The van der Waals surface area contributed by atoms with Gasteiger partial charge in [-0.2, -0.15) is 4.98 Å². The number of aryl methyl sites for hydroxylation is 3. The lowest BCUT2D eigenvalue weighted by Gasteiger charge is -2.11. The summed E-state index contributed by atoms with van der Waals surface area (Å²) < 4.78 is 10.2. The van der Waals surface area contributed by atoms with Crippen molar-refractivity contribution in [3.05, 3.63) is 85.0 Å². The molecule has 4 rings (SSSR count). The van der Waals surface area contributed by atoms with Crippen LogP contribution in [0, 0.1) is 13.8 Å². The molecule has 0 spiro atoms. The topological polar surface area (TPSA) is 71.1 Å². The fourth-order valence-electron chi connectivity index (χ4n) is 3.52. The van der Waals surface area contributed by atoms with E-state index in [0.29, 0.717) is 22.8 Å². The molecule has 0 unspecified atom stereocenters. The summed E-state index contributed by atoms with van der Waals surface area (Å²) in [5, 5.41) is 0.624. The molecular formula is C22H21ClN4O3. The standard InChI is InChI=1S/C22H21ClN4O3/c1-13-9-14(2)11-17(10-13)30-21-24-19-18(20(28)26(4)22(29)25(19)3)27(21)12-15-5-7-16(23)8-6-15/h5-11H,12H2,1-4H3. The Morgan fingerprint density at radius 1 is 0.967 bits per heavy atom. The number of halogens is 1. The van der Waals surface area contributed by atoms with E-state index in [2.05, 4.69) is 4.98 Å². The average Bonchev–Trinajstić information content (AvgIpc) is 3.03. The van der Waals surface area contributed by atoms with Gasteiger partial charge in [0.15, 0.2) is 11.2 Å². The van der Waals surface area contributed by atoms with Crippen LogP contribution < -0.4 is 16.0 Å². The molecule has 0 saturated heterocycles. The summed E-state index contributed by atoms with van der Waals surface area (Å²) in [5.41, 5.74) is 2.72. The smallest absolute Gasteiger partial charge is 0.332 e. The Hall–Kier alpha value is -3.32. The summed E-state index contributed by atoms with van der Waals surface area (Å²) in [4.78, 5) is 29.8. The van der Waals surface area contributed by atoms with Crippen LogP contribution in [0.1, 0.15) is 16.7 Å². The fraction of sp³-hybridized carbons (Fsp3) is 0.227. The predicted octanol–water partition coefficient (Wildman–Crippen LogP) is 3.54. The molecule has 2 aromatic heterocycles. The van der Waals surface area contributed by atoms with Crippen LogP contribution in [0.25, 0.3) is 11.2 Å². The van der Waals surface area contributed by atoms with Gasteiger partial charge in [-0.3, -0.25) is 18.5 Å². The second kappa shape index (κ2) is 7.50. The van der Waals surface area contributed by atoms with Gasteiger partial charge < -0.3 is 4.74 Å². The van der Waals surface area contributed by atoms with Gasteiger partial charge in [-0.25, -0.2) is 4.79 Å². The van der Waals surface area contributed by atoms with Crippen LogP contribution in [0.15, 0.2) is 52.1 Å². The molecule has 4 aromatic rings. The molecule has 0 aliphatic rings. The zero-order valence-electron chi connectivity index (χ0n) is 17.1. The minimum absolute atomic E-state index is 0.239. The molecule has 0 N–H and O–H groups in total. The lowest BCUT2D eigenvalue weighted by Crippen LogP contribution is -2.37. The van der Waals surface area contributed by atoms with Gasteiger partial charge in [0.1, 0.15) is 5.75 Å². The van der Waals surface area contributed by atoms with Crippen LogP contribution in [0.2, 0.25) is 5.02 Å². The summed E-state index contributed by atoms with van der Waals surface area (Å²) in [7, 11) is 3.04. The van der Waals surface area contributed by atoms with Gasteiger partial charge in [0.05, 0.1) is 6.54 Å². The van der Waals surface area contributed by atoms with Crippen LogP contribution in [0.4, 0.5) is 0 Å². The largest absolute Gasteiger partial charge is 0.425 e. The Bertz CT molecular complexity index is 1360. The van der Waals surface area contributed by atoms with Crippen molar-refractivity contribution in [1.82, 2.24) is 18.7 Å². The molecular weight excluding hydrogens is 404 g/mol. The highest BCUT2D eigenvalue weighted by atomic mass is 35.5. The van der Waals surface area contributed by atoms with E-state index in [1.165, 1.54) is 11.6 Å². The summed E-state index contributed by atoms with van der Waals surface area (Å²) in [6, 6.07) is 13.4. The summed E-state index contributed by atoms with van der Waals surface area (Å²) in [6.45, 7) is 4.30. The highest BCUT2D eigenvalue weighted by Crippen LogP contribution is 2.27. The lowest BCUT2D eigenvalue weighted by molar-refractivity contribution is 0.420. The van der Waals surface area contributed by atoms with E-state index >= 15 is 0 Å². The number of fused-ring (bicyclic) bond motifs is 1. The molecule has 30 heavy (non-hydrogen) atoms. The van der Waals surface area contributed by atoms with Crippen molar-refractivity contribution in [2.75, 3.05) is 0 Å². The van der Waals surface area contributed by atoms with Crippen LogP contribution in [0.3, 0.4) is 0 Å². The summed E-state index contributed by atoms with van der Waals surface area (Å²) in [6.07, 6.45) is 0. The van der Waals surface area contributed by atoms with E-state index in [1.54, 1.807) is 23.7 Å². The van der Waals surface area contributed by atoms with Gasteiger partial charge >= 0.3 is 11.7 Å². The van der Waals surface area contributed by atoms with Gasteiger partial charge in [0, 0.05) is 19.1 Å². The van der Waals surface area contributed by atoms with Crippen LogP contribution in [0.5, 0.6) is 11.8 Å². The molecule has 0 bridgehead atoms. The van der Waals surface area contributed by atoms with Crippen LogP contribution in [-0.4, -0.2) is 18.7 Å². The molecule has 8 heteroatoms. The van der Waals surface area contributed by atoms with Gasteiger partial charge in [-0.15, -0.1) is 0 Å². The van der Waals surface area contributed by atoms with Crippen LogP contribution in [-0.2, 0) is 20.6 Å². The molecule has 0 aliphatic carbocycles. The van der Waals surface area contributed by atoms with Gasteiger partial charge in [0.2, 0.25) is 0 Å². The third kappa shape index (κ3) is 3.52. The lowest BCUT2D eigenvalue weighted by atomic mass is 10.1. The number of nitrogens with zero attached hydrogens (tertiary/aromatic N) is 4. The van der Waals surface area contributed by atoms with E-state index in [1.807, 2.05) is 44.2 Å². The molecule has 0 amide bonds. The van der Waals surface area contributed by atoms with E-state index in [4.69, 9.17) is 16.3 Å².